The molecule has 0 radical (unpaired) electrons. The SMILES string of the molecule is C/C1=C\C[C@](C)(I)CCCCC2[C@@]1(C)CCC[C@@]2(C)/C=N/O. The zero-order valence-corrected chi connectivity index (χ0v) is 16.8. The molecule has 2 rings (SSSR count). The molecule has 0 bridgehead atoms. The minimum atomic E-state index is 0.0314. The molecule has 1 saturated carbocycles. The maximum Gasteiger partial charge on any atom is 0.0498 e. The van der Waals surface area contributed by atoms with Crippen molar-refractivity contribution in [3.05, 3.63) is 11.6 Å². The molecule has 0 heterocycles. The van der Waals surface area contributed by atoms with Gasteiger partial charge in [0.2, 0.25) is 0 Å². The molecule has 2 aliphatic rings. The molecule has 0 aromatic rings. The summed E-state index contributed by atoms with van der Waals surface area (Å²) >= 11 is 2.65. The number of hydrogen-bond donors (Lipinski definition) is 1. The van der Waals surface area contributed by atoms with Crippen LogP contribution in [0, 0.1) is 16.7 Å². The fourth-order valence-electron chi connectivity index (χ4n) is 4.86. The van der Waals surface area contributed by atoms with E-state index in [-0.39, 0.29) is 10.8 Å². The molecule has 22 heavy (non-hydrogen) atoms. The first-order valence-corrected chi connectivity index (χ1v) is 9.86. The summed E-state index contributed by atoms with van der Waals surface area (Å²) in [6.45, 7) is 9.49. The molecule has 1 fully saturated rings. The van der Waals surface area contributed by atoms with Gasteiger partial charge in [0.25, 0.3) is 0 Å². The standard InChI is InChI=1S/C19H32INO/c1-15-9-13-18(3,20)11-6-5-8-16-17(2,14-21-22)10-7-12-19(15,16)4/h9,14,16,22H,5-8,10-13H2,1-4H3/b15-9+,21-14+/t16?,17-,18+,19-/m0/s1. The summed E-state index contributed by atoms with van der Waals surface area (Å²) in [7, 11) is 0. The Morgan fingerprint density at radius 3 is 2.59 bits per heavy atom. The first-order valence-electron chi connectivity index (χ1n) is 8.78. The second-order valence-electron chi connectivity index (χ2n) is 8.32. The van der Waals surface area contributed by atoms with Crippen LogP contribution in [0.3, 0.4) is 0 Å². The average Bonchev–Trinajstić information content (AvgIpc) is 2.43. The predicted molar refractivity (Wildman–Crippen MR) is 103 cm³/mol. The lowest BCUT2D eigenvalue weighted by Crippen LogP contribution is -2.45. The highest BCUT2D eigenvalue weighted by Gasteiger charge is 2.48. The summed E-state index contributed by atoms with van der Waals surface area (Å²) in [6, 6.07) is 0. The monoisotopic (exact) mass is 417 g/mol. The number of alkyl halides is 1. The Bertz CT molecular complexity index is 456. The van der Waals surface area contributed by atoms with Crippen molar-refractivity contribution in [2.45, 2.75) is 82.5 Å². The first-order chi connectivity index (χ1) is 10.2. The third kappa shape index (κ3) is 3.70. The van der Waals surface area contributed by atoms with Crippen LogP contribution in [0.4, 0.5) is 0 Å². The molecule has 1 unspecified atom stereocenters. The minimum Gasteiger partial charge on any atom is -0.411 e. The van der Waals surface area contributed by atoms with Gasteiger partial charge in [0.05, 0.1) is 0 Å². The van der Waals surface area contributed by atoms with E-state index in [9.17, 15) is 5.21 Å². The molecule has 0 aliphatic heterocycles. The molecule has 4 atom stereocenters. The van der Waals surface area contributed by atoms with Gasteiger partial charge in [-0.15, -0.1) is 5.16 Å². The largest absolute Gasteiger partial charge is 0.411 e. The van der Waals surface area contributed by atoms with Gasteiger partial charge in [-0.1, -0.05) is 74.3 Å². The summed E-state index contributed by atoms with van der Waals surface area (Å²) in [4.78, 5) is 0. The molecular formula is C19H32INO. The van der Waals surface area contributed by atoms with Crippen LogP contribution in [0.25, 0.3) is 0 Å². The third-order valence-corrected chi connectivity index (χ3v) is 7.48. The second-order valence-corrected chi connectivity index (χ2v) is 10.9. The number of allylic oxidation sites excluding steroid dienone is 2. The van der Waals surface area contributed by atoms with E-state index in [2.05, 4.69) is 61.5 Å². The van der Waals surface area contributed by atoms with Crippen LogP contribution >= 0.6 is 22.6 Å². The number of nitrogens with zero attached hydrogens (tertiary/aromatic N) is 1. The Hall–Kier alpha value is -0.0600. The quantitative estimate of drug-likeness (QED) is 0.132. The highest BCUT2D eigenvalue weighted by atomic mass is 127. The number of fused-ring (bicyclic) bond motifs is 1. The van der Waals surface area contributed by atoms with Crippen molar-refractivity contribution in [1.29, 1.82) is 0 Å². The van der Waals surface area contributed by atoms with Gasteiger partial charge in [0.15, 0.2) is 0 Å². The van der Waals surface area contributed by atoms with Crippen molar-refractivity contribution >= 4 is 28.8 Å². The number of hydrogen-bond acceptors (Lipinski definition) is 2. The summed E-state index contributed by atoms with van der Waals surface area (Å²) < 4.78 is 0.396. The van der Waals surface area contributed by atoms with Gasteiger partial charge < -0.3 is 5.21 Å². The van der Waals surface area contributed by atoms with Crippen LogP contribution in [0.1, 0.15) is 79.1 Å². The zero-order valence-electron chi connectivity index (χ0n) is 14.7. The Balaban J connectivity index is 2.40. The molecule has 2 aliphatic carbocycles. The lowest BCUT2D eigenvalue weighted by atomic mass is 9.52. The van der Waals surface area contributed by atoms with Crippen LogP contribution in [-0.2, 0) is 0 Å². The van der Waals surface area contributed by atoms with E-state index in [1.807, 2.05) is 6.21 Å². The predicted octanol–water partition coefficient (Wildman–Crippen LogP) is 6.36. The van der Waals surface area contributed by atoms with Gasteiger partial charge in [0.1, 0.15) is 0 Å². The molecule has 1 N–H and O–H groups in total. The van der Waals surface area contributed by atoms with Crippen LogP contribution in [-0.4, -0.2) is 14.8 Å². The highest BCUT2D eigenvalue weighted by Crippen LogP contribution is 2.56. The van der Waals surface area contributed by atoms with Crippen molar-refractivity contribution in [2.75, 3.05) is 0 Å². The lowest BCUT2D eigenvalue weighted by Gasteiger charge is -2.52. The molecular weight excluding hydrogens is 385 g/mol. The van der Waals surface area contributed by atoms with E-state index in [0.717, 1.165) is 6.42 Å². The molecule has 3 heteroatoms. The summed E-state index contributed by atoms with van der Waals surface area (Å²) in [5.74, 6) is 0.583. The molecule has 2 nitrogen and oxygen atoms in total. The van der Waals surface area contributed by atoms with Gasteiger partial charge in [-0.25, -0.2) is 0 Å². The van der Waals surface area contributed by atoms with Gasteiger partial charge >= 0.3 is 0 Å². The van der Waals surface area contributed by atoms with Gasteiger partial charge in [-0.05, 0) is 50.4 Å². The Morgan fingerprint density at radius 2 is 1.91 bits per heavy atom. The Morgan fingerprint density at radius 1 is 1.18 bits per heavy atom. The fraction of sp³-hybridized carbons (Fsp3) is 0.842. The summed E-state index contributed by atoms with van der Waals surface area (Å²) in [6.07, 6.45) is 14.3. The van der Waals surface area contributed by atoms with Crippen molar-refractivity contribution in [1.82, 2.24) is 0 Å². The topological polar surface area (TPSA) is 32.6 Å². The van der Waals surface area contributed by atoms with Crippen LogP contribution < -0.4 is 0 Å². The van der Waals surface area contributed by atoms with Crippen LogP contribution in [0.2, 0.25) is 0 Å². The number of oxime groups is 1. The molecule has 126 valence electrons. The Labute approximate surface area is 150 Å². The van der Waals surface area contributed by atoms with Gasteiger partial charge in [-0.2, -0.15) is 0 Å². The average molecular weight is 417 g/mol. The smallest absolute Gasteiger partial charge is 0.0498 e. The molecule has 0 amide bonds. The van der Waals surface area contributed by atoms with Gasteiger partial charge in [-0.3, -0.25) is 0 Å². The molecule has 0 saturated heterocycles. The van der Waals surface area contributed by atoms with E-state index in [1.165, 1.54) is 44.9 Å². The van der Waals surface area contributed by atoms with Crippen molar-refractivity contribution in [3.8, 4) is 0 Å². The highest BCUT2D eigenvalue weighted by molar-refractivity contribution is 14.1. The maximum atomic E-state index is 9.17. The molecule has 0 aromatic carbocycles. The van der Waals surface area contributed by atoms with Crippen molar-refractivity contribution < 1.29 is 5.21 Å². The molecule has 0 spiro atoms. The third-order valence-electron chi connectivity index (χ3n) is 6.50. The normalized spacial score (nSPS) is 46.8. The number of halogens is 1. The lowest BCUT2D eigenvalue weighted by molar-refractivity contribution is 0.0531. The Kier molecular flexibility index (Phi) is 5.67. The van der Waals surface area contributed by atoms with E-state index >= 15 is 0 Å². The van der Waals surface area contributed by atoms with Crippen LogP contribution in [0.15, 0.2) is 16.8 Å². The zero-order chi connectivity index (χ0) is 16.4. The number of rotatable bonds is 1. The maximum absolute atomic E-state index is 9.17. The van der Waals surface area contributed by atoms with Crippen LogP contribution in [0.5, 0.6) is 0 Å². The van der Waals surface area contributed by atoms with E-state index in [4.69, 9.17) is 0 Å². The van der Waals surface area contributed by atoms with E-state index in [1.54, 1.807) is 5.57 Å². The second kappa shape index (κ2) is 6.82. The minimum absolute atomic E-state index is 0.0314. The van der Waals surface area contributed by atoms with Crippen molar-refractivity contribution in [2.24, 2.45) is 21.9 Å². The van der Waals surface area contributed by atoms with E-state index in [0.29, 0.717) is 9.34 Å². The fourth-order valence-corrected chi connectivity index (χ4v) is 5.46. The summed E-state index contributed by atoms with van der Waals surface area (Å²) in [5.41, 5.74) is 1.83. The van der Waals surface area contributed by atoms with E-state index < -0.39 is 0 Å². The summed E-state index contributed by atoms with van der Waals surface area (Å²) in [5, 5.41) is 12.6. The first kappa shape index (κ1) is 18.3. The van der Waals surface area contributed by atoms with Gasteiger partial charge in [0, 0.05) is 15.1 Å². The van der Waals surface area contributed by atoms with Crippen molar-refractivity contribution in [3.63, 3.8) is 0 Å². The molecule has 0 aromatic heterocycles.